The summed E-state index contributed by atoms with van der Waals surface area (Å²) in [6.45, 7) is 5.91. The number of nitrogens with one attached hydrogen (secondary N) is 1. The molecule has 1 aromatic carbocycles. The molecule has 3 heterocycles. The van der Waals surface area contributed by atoms with Gasteiger partial charge >= 0.3 is 0 Å². The summed E-state index contributed by atoms with van der Waals surface area (Å²) in [6.07, 6.45) is 4.80. The van der Waals surface area contributed by atoms with Crippen LogP contribution >= 0.6 is 0 Å². The normalized spacial score (nSPS) is 30.0. The Labute approximate surface area is 176 Å². The summed E-state index contributed by atoms with van der Waals surface area (Å²) in [6, 6.07) is 3.92. The Balaban J connectivity index is 1.49. The van der Waals surface area contributed by atoms with Crippen LogP contribution in [0.1, 0.15) is 56.9 Å². The first-order valence-electron chi connectivity index (χ1n) is 11.1. The minimum Gasteiger partial charge on any atom is -0.348 e. The Hall–Kier alpha value is -2.02. The van der Waals surface area contributed by atoms with Gasteiger partial charge in [0, 0.05) is 44.9 Å². The van der Waals surface area contributed by atoms with Crippen LogP contribution in [0.5, 0.6) is 0 Å². The van der Waals surface area contributed by atoms with Gasteiger partial charge in [-0.05, 0) is 55.8 Å². The number of hydrogen-bond donors (Lipinski definition) is 1. The van der Waals surface area contributed by atoms with E-state index in [9.17, 15) is 18.4 Å². The summed E-state index contributed by atoms with van der Waals surface area (Å²) in [5.74, 6) is -1.33. The van der Waals surface area contributed by atoms with E-state index >= 15 is 0 Å². The van der Waals surface area contributed by atoms with E-state index in [1.807, 2.05) is 4.90 Å². The van der Waals surface area contributed by atoms with E-state index in [-0.39, 0.29) is 17.7 Å². The lowest BCUT2D eigenvalue weighted by Gasteiger charge is -2.39. The maximum atomic E-state index is 13.9. The highest BCUT2D eigenvalue weighted by Crippen LogP contribution is 2.41. The second-order valence-electron chi connectivity index (χ2n) is 9.36. The molecule has 1 aromatic rings. The van der Waals surface area contributed by atoms with E-state index < -0.39 is 17.2 Å². The van der Waals surface area contributed by atoms with Crippen LogP contribution in [0.3, 0.4) is 0 Å². The average Bonchev–Trinajstić information content (AvgIpc) is 3.06. The molecule has 3 aliphatic heterocycles. The molecule has 4 rings (SSSR count). The van der Waals surface area contributed by atoms with Gasteiger partial charge in [0.15, 0.2) is 11.6 Å². The van der Waals surface area contributed by atoms with Gasteiger partial charge in [-0.15, -0.1) is 0 Å². The average molecular weight is 420 g/mol. The van der Waals surface area contributed by atoms with Gasteiger partial charge in [0.05, 0.1) is 5.54 Å². The fourth-order valence-corrected chi connectivity index (χ4v) is 5.50. The summed E-state index contributed by atoms with van der Waals surface area (Å²) in [5, 5.41) is 3.11. The number of nitrogens with zero attached hydrogens (tertiary/aromatic N) is 2. The first kappa shape index (κ1) is 21.2. The van der Waals surface area contributed by atoms with Gasteiger partial charge in [-0.1, -0.05) is 13.0 Å². The molecular weight excluding hydrogens is 388 g/mol. The van der Waals surface area contributed by atoms with Crippen molar-refractivity contribution in [2.45, 2.75) is 56.9 Å². The Kier molecular flexibility index (Phi) is 6.09. The predicted molar refractivity (Wildman–Crippen MR) is 110 cm³/mol. The van der Waals surface area contributed by atoms with Crippen LogP contribution in [0.2, 0.25) is 0 Å². The van der Waals surface area contributed by atoms with Gasteiger partial charge in [-0.25, -0.2) is 8.78 Å². The smallest absolute Gasteiger partial charge is 0.223 e. The lowest BCUT2D eigenvalue weighted by atomic mass is 9.76. The number of halogens is 2. The molecule has 3 atom stereocenters. The number of amides is 2. The van der Waals surface area contributed by atoms with Gasteiger partial charge in [0.1, 0.15) is 0 Å². The van der Waals surface area contributed by atoms with Crippen LogP contribution in [0.25, 0.3) is 0 Å². The molecule has 5 nitrogen and oxygen atoms in total. The Morgan fingerprint density at radius 2 is 2.07 bits per heavy atom. The molecule has 0 saturated carbocycles. The third-order valence-corrected chi connectivity index (χ3v) is 7.04. The molecule has 3 aliphatic rings. The first-order valence-corrected chi connectivity index (χ1v) is 11.1. The van der Waals surface area contributed by atoms with E-state index in [4.69, 9.17) is 0 Å². The summed E-state index contributed by atoms with van der Waals surface area (Å²) < 4.78 is 27.4. The highest BCUT2D eigenvalue weighted by molar-refractivity contribution is 5.80. The van der Waals surface area contributed by atoms with E-state index in [0.717, 1.165) is 38.5 Å². The Morgan fingerprint density at radius 1 is 1.23 bits per heavy atom. The number of benzene rings is 1. The standard InChI is InChI=1S/C23H31F2N3O2/c1-16-4-3-10-27(13-16)11-8-22(30)28-14-18(17-6-7-19(24)20(25)12-17)23(15-28)9-2-5-21(29)26-23/h6-7,12,16,18H,2-5,8-11,13-15H2,1H3,(H,26,29)/t16?,18-,23+/m0/s1. The van der Waals surface area contributed by atoms with Crippen molar-refractivity contribution < 1.29 is 18.4 Å². The Bertz CT molecular complexity index is 818. The van der Waals surface area contributed by atoms with Crippen LogP contribution in [0.15, 0.2) is 18.2 Å². The zero-order chi connectivity index (χ0) is 21.3. The molecule has 0 bridgehead atoms. The third-order valence-electron chi connectivity index (χ3n) is 7.04. The van der Waals surface area contributed by atoms with Crippen molar-refractivity contribution >= 4 is 11.8 Å². The van der Waals surface area contributed by atoms with Crippen LogP contribution in [0.4, 0.5) is 8.78 Å². The summed E-state index contributed by atoms with van der Waals surface area (Å²) in [4.78, 5) is 29.4. The number of carbonyl (C=O) groups excluding carboxylic acids is 2. The minimum absolute atomic E-state index is 0.0366. The van der Waals surface area contributed by atoms with Gasteiger partial charge < -0.3 is 15.1 Å². The molecule has 30 heavy (non-hydrogen) atoms. The van der Waals surface area contributed by atoms with Gasteiger partial charge in [0.2, 0.25) is 11.8 Å². The third kappa shape index (κ3) is 4.36. The topological polar surface area (TPSA) is 52.7 Å². The van der Waals surface area contributed by atoms with E-state index in [0.29, 0.717) is 37.4 Å². The molecule has 3 saturated heterocycles. The van der Waals surface area contributed by atoms with Crippen LogP contribution in [-0.2, 0) is 9.59 Å². The Morgan fingerprint density at radius 3 is 2.80 bits per heavy atom. The number of hydrogen-bond acceptors (Lipinski definition) is 3. The molecule has 1 N–H and O–H groups in total. The predicted octanol–water partition coefficient (Wildman–Crippen LogP) is 3.05. The second-order valence-corrected chi connectivity index (χ2v) is 9.36. The molecule has 0 radical (unpaired) electrons. The lowest BCUT2D eigenvalue weighted by Crippen LogP contribution is -2.56. The molecule has 0 aliphatic carbocycles. The van der Waals surface area contributed by atoms with Gasteiger partial charge in [0.25, 0.3) is 0 Å². The number of piperidine rings is 2. The van der Waals surface area contributed by atoms with Crippen LogP contribution in [-0.4, -0.2) is 59.9 Å². The number of rotatable bonds is 4. The van der Waals surface area contributed by atoms with Crippen LogP contribution < -0.4 is 5.32 Å². The summed E-state index contributed by atoms with van der Waals surface area (Å²) in [5.41, 5.74) is 0.0331. The van der Waals surface area contributed by atoms with Crippen molar-refractivity contribution in [3.63, 3.8) is 0 Å². The molecule has 2 amide bonds. The molecule has 3 fully saturated rings. The fraction of sp³-hybridized carbons (Fsp3) is 0.652. The maximum absolute atomic E-state index is 13.9. The maximum Gasteiger partial charge on any atom is 0.223 e. The molecule has 1 spiro atoms. The molecular formula is C23H31F2N3O2. The zero-order valence-electron chi connectivity index (χ0n) is 17.6. The van der Waals surface area contributed by atoms with Crippen molar-refractivity contribution in [1.82, 2.24) is 15.1 Å². The summed E-state index contributed by atoms with van der Waals surface area (Å²) >= 11 is 0. The fourth-order valence-electron chi connectivity index (χ4n) is 5.50. The van der Waals surface area contributed by atoms with Crippen molar-refractivity contribution in [2.75, 3.05) is 32.7 Å². The number of carbonyl (C=O) groups is 2. The van der Waals surface area contributed by atoms with Crippen molar-refractivity contribution in [1.29, 1.82) is 0 Å². The number of likely N-dealkylation sites (tertiary alicyclic amines) is 2. The quantitative estimate of drug-likeness (QED) is 0.816. The van der Waals surface area contributed by atoms with Crippen molar-refractivity contribution in [2.24, 2.45) is 5.92 Å². The second kappa shape index (κ2) is 8.61. The minimum atomic E-state index is -0.895. The SMILES string of the molecule is CC1CCCN(CCC(=O)N2C[C@@H](c3ccc(F)c(F)c3)[C@@]3(CCCC(=O)N3)C2)C1. The van der Waals surface area contributed by atoms with Crippen LogP contribution in [0, 0.1) is 17.6 Å². The van der Waals surface area contributed by atoms with Gasteiger partial charge in [-0.2, -0.15) is 0 Å². The first-order chi connectivity index (χ1) is 14.4. The highest BCUT2D eigenvalue weighted by atomic mass is 19.2. The molecule has 1 unspecified atom stereocenters. The summed E-state index contributed by atoms with van der Waals surface area (Å²) in [7, 11) is 0. The largest absolute Gasteiger partial charge is 0.348 e. The zero-order valence-corrected chi connectivity index (χ0v) is 17.6. The van der Waals surface area contributed by atoms with Crippen molar-refractivity contribution in [3.8, 4) is 0 Å². The lowest BCUT2D eigenvalue weighted by molar-refractivity contribution is -0.132. The van der Waals surface area contributed by atoms with E-state index in [2.05, 4.69) is 17.1 Å². The molecule has 0 aromatic heterocycles. The van der Waals surface area contributed by atoms with Gasteiger partial charge in [-0.3, -0.25) is 9.59 Å². The monoisotopic (exact) mass is 419 g/mol. The van der Waals surface area contributed by atoms with E-state index in [1.165, 1.54) is 18.9 Å². The van der Waals surface area contributed by atoms with Crippen molar-refractivity contribution in [3.05, 3.63) is 35.4 Å². The highest BCUT2D eigenvalue weighted by Gasteiger charge is 2.50. The van der Waals surface area contributed by atoms with E-state index in [1.54, 1.807) is 6.07 Å². The molecule has 164 valence electrons. The molecule has 7 heteroatoms.